The van der Waals surface area contributed by atoms with Crippen molar-refractivity contribution in [3.63, 3.8) is 0 Å². The van der Waals surface area contributed by atoms with Gasteiger partial charge < -0.3 is 4.74 Å². The molecule has 2 heterocycles. The molecule has 5 aliphatic rings. The van der Waals surface area contributed by atoms with Gasteiger partial charge in [0, 0.05) is 24.6 Å². The second-order valence-corrected chi connectivity index (χ2v) is 8.90. The fourth-order valence-electron chi connectivity index (χ4n) is 6.52. The summed E-state index contributed by atoms with van der Waals surface area (Å²) in [7, 11) is 0. The van der Waals surface area contributed by atoms with Crippen LogP contribution in [0, 0.1) is 15.7 Å². The average molecular weight is 367 g/mol. The van der Waals surface area contributed by atoms with Crippen LogP contribution in [-0.4, -0.2) is 41.5 Å². The minimum atomic E-state index is -0.863. The lowest BCUT2D eigenvalue weighted by Gasteiger charge is -2.61. The molecule has 3 unspecified atom stereocenters. The number of Topliss-reactive ketones (excluding diaryl/α,β-unsaturated/α-hetero) is 1. The smallest absolute Gasteiger partial charge is 0.174 e. The molecule has 4 atom stereocenters. The average Bonchev–Trinajstić information content (AvgIpc) is 3.43. The van der Waals surface area contributed by atoms with Gasteiger partial charge in [0.05, 0.1) is 5.41 Å². The number of nitroso groups, excluding NO2 is 2. The number of ketones is 1. The molecule has 1 spiro atoms. The van der Waals surface area contributed by atoms with E-state index in [0.29, 0.717) is 31.4 Å². The van der Waals surface area contributed by atoms with Crippen LogP contribution < -0.4 is 4.74 Å². The highest BCUT2D eigenvalue weighted by molar-refractivity contribution is 5.90. The molecule has 0 amide bonds. The van der Waals surface area contributed by atoms with Crippen molar-refractivity contribution in [1.29, 1.82) is 0 Å². The molecule has 27 heavy (non-hydrogen) atoms. The summed E-state index contributed by atoms with van der Waals surface area (Å²) in [4.78, 5) is 39.1. The summed E-state index contributed by atoms with van der Waals surface area (Å²) in [6, 6.07) is 3.61. The number of likely N-dealkylation sites (tertiary alicyclic amines) is 1. The summed E-state index contributed by atoms with van der Waals surface area (Å²) in [5, 5.41) is 6.92. The SMILES string of the molecule is O=Nc1ccc2c3c1OC1C(=O)CCC4(N=O)C(C2)N(CC2CC2)CC[C@]314. The summed E-state index contributed by atoms with van der Waals surface area (Å²) < 4.78 is 6.11. The normalized spacial score (nSPS) is 38.9. The van der Waals surface area contributed by atoms with Crippen LogP contribution in [0.3, 0.4) is 0 Å². The van der Waals surface area contributed by atoms with Gasteiger partial charge in [-0.3, -0.25) is 9.69 Å². The van der Waals surface area contributed by atoms with Gasteiger partial charge in [0.15, 0.2) is 17.6 Å². The predicted molar refractivity (Wildman–Crippen MR) is 97.2 cm³/mol. The number of benzene rings is 1. The Morgan fingerprint density at radius 3 is 2.81 bits per heavy atom. The highest BCUT2D eigenvalue weighted by Crippen LogP contribution is 2.66. The number of piperidine rings is 1. The molecular formula is C20H21N3O4. The minimum Gasteiger partial charge on any atom is -0.479 e. The Morgan fingerprint density at radius 2 is 2.07 bits per heavy atom. The third-order valence-corrected chi connectivity index (χ3v) is 7.82. The largest absolute Gasteiger partial charge is 0.479 e. The van der Waals surface area contributed by atoms with Gasteiger partial charge in [-0.1, -0.05) is 11.2 Å². The molecule has 2 aliphatic heterocycles. The van der Waals surface area contributed by atoms with Gasteiger partial charge in [-0.05, 0) is 61.4 Å². The van der Waals surface area contributed by atoms with Crippen LogP contribution in [0.2, 0.25) is 0 Å². The van der Waals surface area contributed by atoms with Crippen LogP contribution in [-0.2, 0) is 16.6 Å². The van der Waals surface area contributed by atoms with Gasteiger partial charge in [0.1, 0.15) is 11.2 Å². The van der Waals surface area contributed by atoms with Crippen molar-refractivity contribution in [2.24, 2.45) is 16.3 Å². The van der Waals surface area contributed by atoms with Crippen molar-refractivity contribution >= 4 is 11.5 Å². The third kappa shape index (κ3) is 1.70. The van der Waals surface area contributed by atoms with Crippen LogP contribution in [0.1, 0.15) is 43.2 Å². The summed E-state index contributed by atoms with van der Waals surface area (Å²) in [6.45, 7) is 1.84. The highest BCUT2D eigenvalue weighted by Gasteiger charge is 2.74. The molecule has 140 valence electrons. The lowest BCUT2D eigenvalue weighted by atomic mass is 9.47. The number of nitrogens with zero attached hydrogens (tertiary/aromatic N) is 3. The van der Waals surface area contributed by atoms with Gasteiger partial charge >= 0.3 is 0 Å². The number of ether oxygens (including phenoxy) is 1. The molecule has 0 N–H and O–H groups in total. The molecule has 7 heteroatoms. The molecule has 1 aromatic rings. The highest BCUT2D eigenvalue weighted by atomic mass is 16.5. The van der Waals surface area contributed by atoms with Crippen molar-refractivity contribution in [3.05, 3.63) is 33.1 Å². The first-order valence-corrected chi connectivity index (χ1v) is 9.92. The number of rotatable bonds is 4. The maximum atomic E-state index is 12.9. The van der Waals surface area contributed by atoms with E-state index in [1.807, 2.05) is 6.07 Å². The predicted octanol–water partition coefficient (Wildman–Crippen LogP) is 2.99. The number of carbonyl (C=O) groups excluding carboxylic acids is 1. The second kappa shape index (κ2) is 5.01. The molecule has 3 fully saturated rings. The maximum absolute atomic E-state index is 12.9. The van der Waals surface area contributed by atoms with E-state index < -0.39 is 17.1 Å². The van der Waals surface area contributed by atoms with E-state index in [9.17, 15) is 14.6 Å². The zero-order chi connectivity index (χ0) is 18.4. The van der Waals surface area contributed by atoms with Crippen molar-refractivity contribution < 1.29 is 9.53 Å². The first-order chi connectivity index (χ1) is 13.1. The van der Waals surface area contributed by atoms with Crippen LogP contribution in [0.25, 0.3) is 0 Å². The van der Waals surface area contributed by atoms with E-state index >= 15 is 0 Å². The van der Waals surface area contributed by atoms with Crippen molar-refractivity contribution in [2.45, 2.75) is 61.6 Å². The Labute approximate surface area is 156 Å². The van der Waals surface area contributed by atoms with E-state index in [1.54, 1.807) is 6.07 Å². The van der Waals surface area contributed by atoms with Crippen LogP contribution in [0.15, 0.2) is 22.5 Å². The Bertz CT molecular complexity index is 897. The standard InChI is InChI=1S/C20H21N3O4/c24-14-5-6-20(22-26)15-9-12-3-4-13(21-25)17-16(12)19(20,18(14)27-17)7-8-23(15)10-11-1-2-11/h3-4,11,15,18H,1-2,5-10H2/t15?,18?,19-,20?/m0/s1. The summed E-state index contributed by atoms with van der Waals surface area (Å²) >= 11 is 0. The van der Waals surface area contributed by atoms with Gasteiger partial charge in [-0.15, -0.1) is 4.91 Å². The van der Waals surface area contributed by atoms with Crippen LogP contribution >= 0.6 is 0 Å². The molecule has 0 radical (unpaired) electrons. The zero-order valence-electron chi connectivity index (χ0n) is 15.0. The van der Waals surface area contributed by atoms with Gasteiger partial charge in [-0.25, -0.2) is 0 Å². The molecule has 1 saturated heterocycles. The fraction of sp³-hybridized carbons (Fsp3) is 0.650. The minimum absolute atomic E-state index is 0.00274. The molecule has 2 saturated carbocycles. The van der Waals surface area contributed by atoms with Gasteiger partial charge in [-0.2, -0.15) is 4.91 Å². The first-order valence-electron chi connectivity index (χ1n) is 9.92. The van der Waals surface area contributed by atoms with Gasteiger partial charge in [0.25, 0.3) is 0 Å². The lowest BCUT2D eigenvalue weighted by Crippen LogP contribution is -2.75. The van der Waals surface area contributed by atoms with Crippen molar-refractivity contribution in [2.75, 3.05) is 13.1 Å². The third-order valence-electron chi connectivity index (χ3n) is 7.82. The topological polar surface area (TPSA) is 88.4 Å². The Morgan fingerprint density at radius 1 is 1.22 bits per heavy atom. The fourth-order valence-corrected chi connectivity index (χ4v) is 6.52. The van der Waals surface area contributed by atoms with Gasteiger partial charge in [0.2, 0.25) is 0 Å². The van der Waals surface area contributed by atoms with E-state index in [4.69, 9.17) is 4.74 Å². The summed E-state index contributed by atoms with van der Waals surface area (Å²) in [5.74, 6) is 1.16. The number of hydrogen-bond donors (Lipinski definition) is 0. The number of carbonyl (C=O) groups is 1. The second-order valence-electron chi connectivity index (χ2n) is 8.90. The van der Waals surface area contributed by atoms with E-state index in [-0.39, 0.29) is 17.5 Å². The van der Waals surface area contributed by atoms with Crippen LogP contribution in [0.4, 0.5) is 5.69 Å². The Kier molecular flexibility index (Phi) is 2.94. The van der Waals surface area contributed by atoms with Crippen molar-refractivity contribution in [1.82, 2.24) is 4.90 Å². The van der Waals surface area contributed by atoms with E-state index in [2.05, 4.69) is 15.3 Å². The molecule has 1 aromatic carbocycles. The molecule has 3 aliphatic carbocycles. The Balaban J connectivity index is 1.61. The molecular weight excluding hydrogens is 346 g/mol. The molecule has 0 aromatic heterocycles. The first kappa shape index (κ1) is 15.9. The molecule has 2 bridgehead atoms. The van der Waals surface area contributed by atoms with E-state index in [0.717, 1.165) is 30.1 Å². The molecule has 7 nitrogen and oxygen atoms in total. The molecule has 6 rings (SSSR count). The summed E-state index contributed by atoms with van der Waals surface area (Å²) in [5.41, 5.74) is 0.583. The zero-order valence-corrected chi connectivity index (χ0v) is 15.0. The van der Waals surface area contributed by atoms with Crippen molar-refractivity contribution in [3.8, 4) is 5.75 Å². The van der Waals surface area contributed by atoms with E-state index in [1.165, 1.54) is 12.8 Å². The quantitative estimate of drug-likeness (QED) is 0.763. The lowest BCUT2D eigenvalue weighted by molar-refractivity contribution is -0.141. The Hall–Kier alpha value is -2.15. The number of hydrogen-bond acceptors (Lipinski definition) is 7. The van der Waals surface area contributed by atoms with Crippen LogP contribution in [0.5, 0.6) is 5.75 Å². The maximum Gasteiger partial charge on any atom is 0.174 e. The summed E-state index contributed by atoms with van der Waals surface area (Å²) in [6.07, 6.45) is 3.96. The monoisotopic (exact) mass is 367 g/mol.